The Labute approximate surface area is 128 Å². The lowest BCUT2D eigenvalue weighted by molar-refractivity contribution is -0.112. The molecule has 1 aliphatic rings. The van der Waals surface area contributed by atoms with Crippen LogP contribution in [0.4, 0.5) is 0 Å². The third-order valence-corrected chi connectivity index (χ3v) is 3.71. The lowest BCUT2D eigenvalue weighted by Crippen LogP contribution is -2.41. The van der Waals surface area contributed by atoms with Gasteiger partial charge in [0.05, 0.1) is 6.54 Å². The molecule has 2 aromatic rings. The minimum absolute atomic E-state index is 0.100. The Bertz CT molecular complexity index is 798. The largest absolute Gasteiger partial charge is 0.295 e. The van der Waals surface area contributed by atoms with Crippen LogP contribution in [0, 0.1) is 0 Å². The summed E-state index contributed by atoms with van der Waals surface area (Å²) in [6.45, 7) is 3.31. The van der Waals surface area contributed by atoms with Crippen molar-refractivity contribution < 1.29 is 14.4 Å². The summed E-state index contributed by atoms with van der Waals surface area (Å²) < 4.78 is 0. The molecule has 2 aromatic carbocycles. The summed E-state index contributed by atoms with van der Waals surface area (Å²) in [5.74, 6) is -0.729. The highest BCUT2D eigenvalue weighted by atomic mass is 16.2. The summed E-state index contributed by atoms with van der Waals surface area (Å²) in [6, 6.07) is 10.9. The standard InChI is InChI=1S/C18H15NO3/c1-11(9-12(2)20)10-19-17(21)14-7-3-5-13-6-4-8-15(16(13)14)18(19)22/h3-9H,10H2,1-2H3. The fourth-order valence-corrected chi connectivity index (χ4v) is 2.87. The fraction of sp³-hybridized carbons (Fsp3) is 0.167. The van der Waals surface area contributed by atoms with E-state index >= 15 is 0 Å². The molecule has 2 amide bonds. The number of ketones is 1. The molecule has 0 aliphatic carbocycles. The van der Waals surface area contributed by atoms with Gasteiger partial charge >= 0.3 is 0 Å². The molecule has 0 N–H and O–H groups in total. The fourth-order valence-electron chi connectivity index (χ4n) is 2.87. The Hall–Kier alpha value is -2.75. The van der Waals surface area contributed by atoms with E-state index in [-0.39, 0.29) is 24.1 Å². The van der Waals surface area contributed by atoms with Gasteiger partial charge in [-0.1, -0.05) is 24.3 Å². The van der Waals surface area contributed by atoms with E-state index in [4.69, 9.17) is 0 Å². The predicted octanol–water partition coefficient (Wildman–Crippen LogP) is 2.97. The first-order chi connectivity index (χ1) is 10.5. The zero-order valence-electron chi connectivity index (χ0n) is 12.4. The molecule has 0 aromatic heterocycles. The van der Waals surface area contributed by atoms with Gasteiger partial charge in [-0.2, -0.15) is 0 Å². The molecule has 0 unspecified atom stereocenters. The molecule has 0 radical (unpaired) electrons. The van der Waals surface area contributed by atoms with Gasteiger partial charge in [0.2, 0.25) is 0 Å². The van der Waals surface area contributed by atoms with E-state index in [1.807, 2.05) is 24.3 Å². The van der Waals surface area contributed by atoms with Crippen LogP contribution in [0.5, 0.6) is 0 Å². The van der Waals surface area contributed by atoms with Gasteiger partial charge in [0, 0.05) is 16.5 Å². The van der Waals surface area contributed by atoms with Crippen molar-refractivity contribution in [2.75, 3.05) is 6.54 Å². The highest BCUT2D eigenvalue weighted by molar-refractivity contribution is 6.25. The van der Waals surface area contributed by atoms with Crippen LogP contribution in [0.1, 0.15) is 34.6 Å². The van der Waals surface area contributed by atoms with Crippen LogP contribution in [0.25, 0.3) is 10.8 Å². The summed E-state index contributed by atoms with van der Waals surface area (Å²) in [6.07, 6.45) is 1.45. The molecule has 4 nitrogen and oxygen atoms in total. The minimum atomic E-state index is -0.314. The second kappa shape index (κ2) is 5.22. The number of rotatable bonds is 3. The number of imide groups is 1. The minimum Gasteiger partial charge on any atom is -0.295 e. The summed E-state index contributed by atoms with van der Waals surface area (Å²) in [5.41, 5.74) is 1.74. The van der Waals surface area contributed by atoms with Crippen LogP contribution in [0.15, 0.2) is 48.0 Å². The van der Waals surface area contributed by atoms with E-state index in [0.29, 0.717) is 22.1 Å². The molecule has 22 heavy (non-hydrogen) atoms. The van der Waals surface area contributed by atoms with Crippen LogP contribution >= 0.6 is 0 Å². The molecular weight excluding hydrogens is 278 g/mol. The quantitative estimate of drug-likeness (QED) is 0.646. The maximum Gasteiger partial charge on any atom is 0.261 e. The Kier molecular flexibility index (Phi) is 3.37. The molecule has 1 heterocycles. The van der Waals surface area contributed by atoms with E-state index in [0.717, 1.165) is 5.39 Å². The topological polar surface area (TPSA) is 54.5 Å². The van der Waals surface area contributed by atoms with E-state index in [9.17, 15) is 14.4 Å². The van der Waals surface area contributed by atoms with Crippen molar-refractivity contribution in [1.82, 2.24) is 4.90 Å². The zero-order valence-corrected chi connectivity index (χ0v) is 12.4. The zero-order chi connectivity index (χ0) is 15.9. The van der Waals surface area contributed by atoms with Gasteiger partial charge in [-0.3, -0.25) is 19.3 Å². The van der Waals surface area contributed by atoms with Gasteiger partial charge in [-0.15, -0.1) is 0 Å². The molecule has 110 valence electrons. The van der Waals surface area contributed by atoms with Crippen LogP contribution < -0.4 is 0 Å². The maximum atomic E-state index is 12.6. The molecular formula is C18H15NO3. The Balaban J connectivity index is 2.10. The van der Waals surface area contributed by atoms with Gasteiger partial charge in [-0.05, 0) is 43.0 Å². The van der Waals surface area contributed by atoms with Crippen molar-refractivity contribution in [1.29, 1.82) is 0 Å². The monoisotopic (exact) mass is 293 g/mol. The van der Waals surface area contributed by atoms with Crippen molar-refractivity contribution in [3.05, 3.63) is 59.2 Å². The first kappa shape index (κ1) is 14.2. The number of amides is 2. The summed E-state index contributed by atoms with van der Waals surface area (Å²) >= 11 is 0. The molecule has 0 fully saturated rings. The Morgan fingerprint density at radius 2 is 1.55 bits per heavy atom. The highest BCUT2D eigenvalue weighted by Gasteiger charge is 2.32. The Morgan fingerprint density at radius 1 is 1.00 bits per heavy atom. The number of nitrogens with zero attached hydrogens (tertiary/aromatic N) is 1. The van der Waals surface area contributed by atoms with Gasteiger partial charge < -0.3 is 0 Å². The van der Waals surface area contributed by atoms with Crippen molar-refractivity contribution >= 4 is 28.4 Å². The summed E-state index contributed by atoms with van der Waals surface area (Å²) in [7, 11) is 0. The summed E-state index contributed by atoms with van der Waals surface area (Å²) in [5, 5.41) is 1.59. The number of carbonyl (C=O) groups excluding carboxylic acids is 3. The average Bonchev–Trinajstić information content (AvgIpc) is 2.48. The number of benzene rings is 2. The van der Waals surface area contributed by atoms with Crippen LogP contribution in [-0.2, 0) is 4.79 Å². The Morgan fingerprint density at radius 3 is 2.05 bits per heavy atom. The molecule has 4 heteroatoms. The number of hydrogen-bond acceptors (Lipinski definition) is 3. The van der Waals surface area contributed by atoms with Crippen molar-refractivity contribution in [3.8, 4) is 0 Å². The molecule has 3 rings (SSSR count). The molecule has 0 saturated heterocycles. The third kappa shape index (κ3) is 2.22. The van der Waals surface area contributed by atoms with Crippen LogP contribution in [0.3, 0.4) is 0 Å². The van der Waals surface area contributed by atoms with Crippen molar-refractivity contribution in [2.45, 2.75) is 13.8 Å². The molecule has 1 aliphatic heterocycles. The normalized spacial score (nSPS) is 14.6. The van der Waals surface area contributed by atoms with Crippen molar-refractivity contribution in [2.24, 2.45) is 0 Å². The molecule has 0 bridgehead atoms. The second-order valence-corrected chi connectivity index (χ2v) is 5.51. The summed E-state index contributed by atoms with van der Waals surface area (Å²) in [4.78, 5) is 37.6. The highest BCUT2D eigenvalue weighted by Crippen LogP contribution is 2.30. The first-order valence-electron chi connectivity index (χ1n) is 7.04. The van der Waals surface area contributed by atoms with E-state index < -0.39 is 0 Å². The number of allylic oxidation sites excluding steroid dienone is 1. The maximum absolute atomic E-state index is 12.6. The number of hydrogen-bond donors (Lipinski definition) is 0. The smallest absolute Gasteiger partial charge is 0.261 e. The number of carbonyl (C=O) groups is 3. The van der Waals surface area contributed by atoms with Crippen LogP contribution in [0.2, 0.25) is 0 Å². The molecule has 0 spiro atoms. The average molecular weight is 293 g/mol. The first-order valence-corrected chi connectivity index (χ1v) is 7.04. The van der Waals surface area contributed by atoms with Gasteiger partial charge in [0.1, 0.15) is 0 Å². The SMILES string of the molecule is CC(=O)C=C(C)CN1C(=O)c2cccc3cccc(c23)C1=O. The second-order valence-electron chi connectivity index (χ2n) is 5.51. The lowest BCUT2D eigenvalue weighted by Gasteiger charge is -2.27. The molecule has 0 atom stereocenters. The third-order valence-electron chi connectivity index (χ3n) is 3.71. The molecule has 0 saturated carbocycles. The van der Waals surface area contributed by atoms with E-state index in [2.05, 4.69) is 0 Å². The van der Waals surface area contributed by atoms with Gasteiger partial charge in [-0.25, -0.2) is 0 Å². The predicted molar refractivity (Wildman–Crippen MR) is 83.8 cm³/mol. The van der Waals surface area contributed by atoms with Crippen LogP contribution in [-0.4, -0.2) is 29.0 Å². The van der Waals surface area contributed by atoms with Gasteiger partial charge in [0.25, 0.3) is 11.8 Å². The van der Waals surface area contributed by atoms with E-state index in [1.54, 1.807) is 19.1 Å². The van der Waals surface area contributed by atoms with E-state index in [1.165, 1.54) is 17.9 Å². The van der Waals surface area contributed by atoms with Crippen molar-refractivity contribution in [3.63, 3.8) is 0 Å². The lowest BCUT2D eigenvalue weighted by atomic mass is 9.94. The van der Waals surface area contributed by atoms with Gasteiger partial charge in [0.15, 0.2) is 5.78 Å².